The van der Waals surface area contributed by atoms with Gasteiger partial charge >= 0.3 is 0 Å². The summed E-state index contributed by atoms with van der Waals surface area (Å²) in [5.74, 6) is -0.631. The highest BCUT2D eigenvalue weighted by Crippen LogP contribution is 2.00. The lowest BCUT2D eigenvalue weighted by molar-refractivity contribution is -0.133. The van der Waals surface area contributed by atoms with E-state index in [9.17, 15) is 14.7 Å². The zero-order valence-corrected chi connectivity index (χ0v) is 7.57. The molecule has 0 aromatic rings. The molecule has 0 aliphatic carbocycles. The second kappa shape index (κ2) is 4.87. The number of aldehydes is 1. The summed E-state index contributed by atoms with van der Waals surface area (Å²) < 4.78 is 0. The fraction of sp³-hybridized carbons (Fsp3) is 0.750. The van der Waals surface area contributed by atoms with Gasteiger partial charge in [0.15, 0.2) is 0 Å². The van der Waals surface area contributed by atoms with Gasteiger partial charge in [-0.25, -0.2) is 0 Å². The fourth-order valence-corrected chi connectivity index (χ4v) is 0.647. The van der Waals surface area contributed by atoms with Crippen molar-refractivity contribution in [2.45, 2.75) is 32.9 Å². The van der Waals surface area contributed by atoms with Crippen molar-refractivity contribution in [3.05, 3.63) is 0 Å². The van der Waals surface area contributed by atoms with E-state index in [1.807, 2.05) is 0 Å². The first-order valence-corrected chi connectivity index (χ1v) is 3.92. The monoisotopic (exact) mass is 173 g/mol. The summed E-state index contributed by atoms with van der Waals surface area (Å²) in [6.07, 6.45) is -0.419. The zero-order valence-electron chi connectivity index (χ0n) is 7.57. The third kappa shape index (κ3) is 3.48. The van der Waals surface area contributed by atoms with Crippen LogP contribution in [0.3, 0.4) is 0 Å². The van der Waals surface area contributed by atoms with Gasteiger partial charge in [0, 0.05) is 0 Å². The molecule has 0 bridgehead atoms. The van der Waals surface area contributed by atoms with Gasteiger partial charge in [-0.3, -0.25) is 4.79 Å². The first kappa shape index (κ1) is 11.1. The Morgan fingerprint density at radius 2 is 1.92 bits per heavy atom. The van der Waals surface area contributed by atoms with E-state index in [2.05, 4.69) is 5.32 Å². The molecule has 0 aromatic carbocycles. The Morgan fingerprint density at radius 3 is 2.25 bits per heavy atom. The van der Waals surface area contributed by atoms with Gasteiger partial charge in [0.25, 0.3) is 0 Å². The van der Waals surface area contributed by atoms with Gasteiger partial charge in [-0.15, -0.1) is 0 Å². The molecule has 0 rings (SSSR count). The normalized spacial score (nSPS) is 15.4. The molecule has 0 fully saturated rings. The SMILES string of the molecule is CC(C)[C@H](O)C(=O)N[C@@H](C)C=O. The Hall–Kier alpha value is -0.900. The first-order valence-electron chi connectivity index (χ1n) is 3.92. The number of hydrogen-bond acceptors (Lipinski definition) is 3. The molecule has 70 valence electrons. The van der Waals surface area contributed by atoms with Crippen LogP contribution in [0.4, 0.5) is 0 Å². The highest BCUT2D eigenvalue weighted by atomic mass is 16.3. The van der Waals surface area contributed by atoms with Crippen LogP contribution >= 0.6 is 0 Å². The van der Waals surface area contributed by atoms with Crippen LogP contribution in [-0.2, 0) is 9.59 Å². The van der Waals surface area contributed by atoms with Crippen LogP contribution in [-0.4, -0.2) is 29.4 Å². The van der Waals surface area contributed by atoms with Crippen molar-refractivity contribution in [2.24, 2.45) is 5.92 Å². The Labute approximate surface area is 72.0 Å². The highest BCUT2D eigenvalue weighted by molar-refractivity contribution is 5.83. The molecule has 0 saturated heterocycles. The van der Waals surface area contributed by atoms with Crippen molar-refractivity contribution in [2.75, 3.05) is 0 Å². The topological polar surface area (TPSA) is 66.4 Å². The molecule has 1 amide bonds. The van der Waals surface area contributed by atoms with Crippen molar-refractivity contribution >= 4 is 12.2 Å². The Morgan fingerprint density at radius 1 is 1.42 bits per heavy atom. The Balaban J connectivity index is 3.95. The van der Waals surface area contributed by atoms with E-state index in [0.717, 1.165) is 0 Å². The molecule has 4 heteroatoms. The number of aliphatic hydroxyl groups is 1. The van der Waals surface area contributed by atoms with Gasteiger partial charge in [0.05, 0.1) is 6.04 Å². The minimum atomic E-state index is -1.03. The lowest BCUT2D eigenvalue weighted by Gasteiger charge is -2.15. The maximum atomic E-state index is 11.0. The molecular formula is C8H15NO3. The molecule has 2 atom stereocenters. The Kier molecular flexibility index (Phi) is 4.51. The molecule has 12 heavy (non-hydrogen) atoms. The van der Waals surface area contributed by atoms with Gasteiger partial charge in [-0.1, -0.05) is 13.8 Å². The van der Waals surface area contributed by atoms with Crippen molar-refractivity contribution in [1.29, 1.82) is 0 Å². The fourth-order valence-electron chi connectivity index (χ4n) is 0.647. The zero-order chi connectivity index (χ0) is 9.72. The molecule has 4 nitrogen and oxygen atoms in total. The third-order valence-electron chi connectivity index (χ3n) is 1.47. The second-order valence-electron chi connectivity index (χ2n) is 3.12. The van der Waals surface area contributed by atoms with Gasteiger partial charge in [0.2, 0.25) is 5.91 Å². The molecule has 0 aliphatic rings. The second-order valence-corrected chi connectivity index (χ2v) is 3.12. The number of carbonyl (C=O) groups is 2. The van der Waals surface area contributed by atoms with Gasteiger partial charge in [0.1, 0.15) is 12.4 Å². The molecule has 0 aliphatic heterocycles. The van der Waals surface area contributed by atoms with Crippen LogP contribution in [0.1, 0.15) is 20.8 Å². The molecule has 0 spiro atoms. The predicted molar refractivity (Wildman–Crippen MR) is 44.5 cm³/mol. The van der Waals surface area contributed by atoms with E-state index in [4.69, 9.17) is 0 Å². The van der Waals surface area contributed by atoms with Crippen LogP contribution in [0.25, 0.3) is 0 Å². The summed E-state index contributed by atoms with van der Waals surface area (Å²) >= 11 is 0. The predicted octanol–water partition coefficient (Wildman–Crippen LogP) is -0.293. The summed E-state index contributed by atoms with van der Waals surface area (Å²) in [6, 6.07) is -0.536. The summed E-state index contributed by atoms with van der Waals surface area (Å²) in [4.78, 5) is 21.2. The van der Waals surface area contributed by atoms with Crippen LogP contribution in [0.15, 0.2) is 0 Å². The molecule has 0 radical (unpaired) electrons. The van der Waals surface area contributed by atoms with E-state index < -0.39 is 18.1 Å². The number of nitrogens with one attached hydrogen (secondary N) is 1. The minimum absolute atomic E-state index is 0.135. The lowest BCUT2D eigenvalue weighted by Crippen LogP contribution is -2.42. The van der Waals surface area contributed by atoms with E-state index >= 15 is 0 Å². The van der Waals surface area contributed by atoms with Crippen molar-refractivity contribution in [3.63, 3.8) is 0 Å². The average molecular weight is 173 g/mol. The van der Waals surface area contributed by atoms with Crippen molar-refractivity contribution in [1.82, 2.24) is 5.32 Å². The van der Waals surface area contributed by atoms with Gasteiger partial charge in [-0.05, 0) is 12.8 Å². The Bertz CT molecular complexity index is 168. The quantitative estimate of drug-likeness (QED) is 0.574. The lowest BCUT2D eigenvalue weighted by atomic mass is 10.1. The van der Waals surface area contributed by atoms with Gasteiger partial charge < -0.3 is 15.2 Å². The molecule has 0 unspecified atom stereocenters. The number of carbonyl (C=O) groups excluding carboxylic acids is 2. The summed E-state index contributed by atoms with van der Waals surface area (Å²) in [7, 11) is 0. The van der Waals surface area contributed by atoms with E-state index in [0.29, 0.717) is 6.29 Å². The summed E-state index contributed by atoms with van der Waals surface area (Å²) in [6.45, 7) is 5.02. The van der Waals surface area contributed by atoms with E-state index in [-0.39, 0.29) is 5.92 Å². The van der Waals surface area contributed by atoms with Crippen LogP contribution < -0.4 is 5.32 Å². The van der Waals surface area contributed by atoms with Crippen molar-refractivity contribution < 1.29 is 14.7 Å². The van der Waals surface area contributed by atoms with Crippen LogP contribution in [0.2, 0.25) is 0 Å². The van der Waals surface area contributed by atoms with Crippen LogP contribution in [0, 0.1) is 5.92 Å². The number of amides is 1. The maximum Gasteiger partial charge on any atom is 0.249 e. The van der Waals surface area contributed by atoms with Crippen LogP contribution in [0.5, 0.6) is 0 Å². The maximum absolute atomic E-state index is 11.0. The van der Waals surface area contributed by atoms with Gasteiger partial charge in [-0.2, -0.15) is 0 Å². The molecule has 0 saturated carbocycles. The van der Waals surface area contributed by atoms with Crippen molar-refractivity contribution in [3.8, 4) is 0 Å². The smallest absolute Gasteiger partial charge is 0.249 e. The van der Waals surface area contributed by atoms with E-state index in [1.165, 1.54) is 0 Å². The average Bonchev–Trinajstić information content (AvgIpc) is 2.02. The number of aliphatic hydroxyl groups excluding tert-OH is 1. The molecule has 0 aromatic heterocycles. The molecular weight excluding hydrogens is 158 g/mol. The van der Waals surface area contributed by atoms with E-state index in [1.54, 1.807) is 20.8 Å². The number of hydrogen-bond donors (Lipinski definition) is 2. The minimum Gasteiger partial charge on any atom is -0.383 e. The molecule has 0 heterocycles. The standard InChI is InChI=1S/C8H15NO3/c1-5(2)7(11)8(12)9-6(3)4-10/h4-7,11H,1-3H3,(H,9,12)/t6-,7-/m0/s1. The molecule has 2 N–H and O–H groups in total. The highest BCUT2D eigenvalue weighted by Gasteiger charge is 2.19. The summed E-state index contributed by atoms with van der Waals surface area (Å²) in [5, 5.41) is 11.6. The third-order valence-corrected chi connectivity index (χ3v) is 1.47. The number of rotatable bonds is 4. The summed E-state index contributed by atoms with van der Waals surface area (Å²) in [5.41, 5.74) is 0. The first-order chi connectivity index (χ1) is 5.49. The largest absolute Gasteiger partial charge is 0.383 e.